The zero-order valence-electron chi connectivity index (χ0n) is 18.4. The molecule has 172 valence electrons. The zero-order valence-corrected chi connectivity index (χ0v) is 18.4. The van der Waals surface area contributed by atoms with Crippen molar-refractivity contribution >= 4 is 17.8 Å². The molecule has 32 heavy (non-hydrogen) atoms. The Bertz CT molecular complexity index is 996. The fourth-order valence-corrected chi connectivity index (χ4v) is 2.64. The summed E-state index contributed by atoms with van der Waals surface area (Å²) in [7, 11) is 1.35. The van der Waals surface area contributed by atoms with Crippen LogP contribution in [0.5, 0.6) is 17.2 Å². The maximum absolute atomic E-state index is 13.2. The van der Waals surface area contributed by atoms with Crippen LogP contribution in [0.3, 0.4) is 0 Å². The number of aryl methyl sites for hydroxylation is 1. The largest absolute Gasteiger partial charge is 0.493 e. The third kappa shape index (κ3) is 6.66. The Balaban J connectivity index is 1.96. The van der Waals surface area contributed by atoms with E-state index in [-0.39, 0.29) is 29.6 Å². The number of rotatable bonds is 9. The Morgan fingerprint density at radius 3 is 2.50 bits per heavy atom. The average molecular weight is 448 g/mol. The zero-order chi connectivity index (χ0) is 23.8. The van der Waals surface area contributed by atoms with Crippen molar-refractivity contribution in [3.8, 4) is 17.2 Å². The lowest BCUT2D eigenvalue weighted by Crippen LogP contribution is -2.41. The molecule has 0 unspecified atom stereocenters. The molecule has 0 spiro atoms. The van der Waals surface area contributed by atoms with E-state index in [1.807, 2.05) is 0 Å². The minimum atomic E-state index is -1.03. The number of nitrogens with one attached hydrogen (secondary N) is 1. The van der Waals surface area contributed by atoms with Crippen LogP contribution in [-0.2, 0) is 14.3 Å². The molecule has 1 aromatic heterocycles. The maximum Gasteiger partial charge on any atom is 0.328 e. The number of esters is 2. The van der Waals surface area contributed by atoms with Crippen LogP contribution < -0.4 is 19.5 Å². The summed E-state index contributed by atoms with van der Waals surface area (Å²) >= 11 is 0. The third-order valence-electron chi connectivity index (χ3n) is 4.18. The Labute approximate surface area is 184 Å². The van der Waals surface area contributed by atoms with Gasteiger partial charge in [-0.1, -0.05) is 0 Å². The summed E-state index contributed by atoms with van der Waals surface area (Å²) in [5.41, 5.74) is 0.390. The molecule has 0 aliphatic rings. The molecule has 0 aliphatic heterocycles. The lowest BCUT2D eigenvalue weighted by molar-refractivity contribution is -0.147. The lowest BCUT2D eigenvalue weighted by Gasteiger charge is -2.19. The van der Waals surface area contributed by atoms with Crippen LogP contribution in [0, 0.1) is 12.7 Å². The molecule has 9 nitrogen and oxygen atoms in total. The van der Waals surface area contributed by atoms with Crippen LogP contribution in [0.25, 0.3) is 0 Å². The van der Waals surface area contributed by atoms with Gasteiger partial charge in [0, 0.05) is 19.2 Å². The molecule has 1 N–H and O–H groups in total. The predicted molar refractivity (Wildman–Crippen MR) is 111 cm³/mol. The van der Waals surface area contributed by atoms with Crippen LogP contribution in [0.1, 0.15) is 36.8 Å². The summed E-state index contributed by atoms with van der Waals surface area (Å²) in [5, 5.41) is 2.44. The highest BCUT2D eigenvalue weighted by atomic mass is 19.1. The number of aromatic nitrogens is 1. The molecular formula is C22H25FN2O7. The van der Waals surface area contributed by atoms with Gasteiger partial charge in [0.25, 0.3) is 5.91 Å². The molecule has 1 aromatic carbocycles. The number of ether oxygens (including phenoxy) is 4. The van der Waals surface area contributed by atoms with Gasteiger partial charge in [0.05, 0.1) is 7.11 Å². The second-order valence-electron chi connectivity index (χ2n) is 6.95. The Kier molecular flexibility index (Phi) is 8.51. The molecule has 2 atom stereocenters. The van der Waals surface area contributed by atoms with Crippen LogP contribution in [0.4, 0.5) is 4.39 Å². The van der Waals surface area contributed by atoms with Gasteiger partial charge in [-0.15, -0.1) is 0 Å². The van der Waals surface area contributed by atoms with Crippen molar-refractivity contribution in [2.45, 2.75) is 39.8 Å². The highest BCUT2D eigenvalue weighted by molar-refractivity contribution is 5.98. The number of amides is 1. The lowest BCUT2D eigenvalue weighted by atomic mass is 10.2. The summed E-state index contributed by atoms with van der Waals surface area (Å²) in [6, 6.07) is 4.50. The van der Waals surface area contributed by atoms with Crippen molar-refractivity contribution in [3.63, 3.8) is 0 Å². The predicted octanol–water partition coefficient (Wildman–Crippen LogP) is 2.59. The normalized spacial score (nSPS) is 12.3. The summed E-state index contributed by atoms with van der Waals surface area (Å²) in [4.78, 5) is 40.2. The van der Waals surface area contributed by atoms with Crippen LogP contribution in [-0.4, -0.2) is 48.7 Å². The highest BCUT2D eigenvalue weighted by Gasteiger charge is 2.25. The van der Waals surface area contributed by atoms with E-state index in [0.29, 0.717) is 11.3 Å². The van der Waals surface area contributed by atoms with Crippen molar-refractivity contribution in [3.05, 3.63) is 47.5 Å². The first-order valence-electron chi connectivity index (χ1n) is 9.74. The first-order valence-corrected chi connectivity index (χ1v) is 9.74. The monoisotopic (exact) mass is 448 g/mol. The van der Waals surface area contributed by atoms with Gasteiger partial charge in [-0.05, 0) is 44.5 Å². The molecule has 0 saturated heterocycles. The minimum absolute atomic E-state index is 0.0913. The van der Waals surface area contributed by atoms with Crippen molar-refractivity contribution in [2.24, 2.45) is 0 Å². The number of methoxy groups -OCH3 is 1. The first-order chi connectivity index (χ1) is 15.1. The summed E-state index contributed by atoms with van der Waals surface area (Å²) in [6.07, 6.45) is 0.793. The number of carbonyl (C=O) groups excluding carboxylic acids is 3. The van der Waals surface area contributed by atoms with E-state index < -0.39 is 30.0 Å². The summed E-state index contributed by atoms with van der Waals surface area (Å²) < 4.78 is 34.2. The van der Waals surface area contributed by atoms with E-state index >= 15 is 0 Å². The van der Waals surface area contributed by atoms with Crippen LogP contribution in [0.15, 0.2) is 30.5 Å². The number of hydrogen-bond acceptors (Lipinski definition) is 8. The van der Waals surface area contributed by atoms with Crippen molar-refractivity contribution in [1.29, 1.82) is 0 Å². The SMILES string of the molecule is COc1ccnc(C(=O)N[C@@H](C)C(=O)OC[C@H](C)Oc2ccc(F)cc2C)c1OC(C)=O. The Hall–Kier alpha value is -3.69. The standard InChI is InChI=1S/C22H25FN2O7/c1-12-10-16(23)6-7-17(12)31-13(2)11-30-22(28)14(3)25-21(27)19-20(32-15(4)26)18(29-5)8-9-24-19/h6-10,13-14H,11H2,1-5H3,(H,25,27)/t13-,14-/m0/s1. The quantitative estimate of drug-likeness (QED) is 0.583. The van der Waals surface area contributed by atoms with E-state index in [2.05, 4.69) is 10.3 Å². The number of benzene rings is 1. The topological polar surface area (TPSA) is 113 Å². The fourth-order valence-electron chi connectivity index (χ4n) is 2.64. The van der Waals surface area contributed by atoms with Crippen LogP contribution >= 0.6 is 0 Å². The average Bonchev–Trinajstić information content (AvgIpc) is 2.73. The molecule has 0 bridgehead atoms. The molecular weight excluding hydrogens is 423 g/mol. The second kappa shape index (κ2) is 11.1. The van der Waals surface area contributed by atoms with Gasteiger partial charge in [-0.3, -0.25) is 9.59 Å². The minimum Gasteiger partial charge on any atom is -0.493 e. The number of nitrogens with zero attached hydrogens (tertiary/aromatic N) is 1. The molecule has 0 saturated carbocycles. The van der Waals surface area contributed by atoms with E-state index in [0.717, 1.165) is 0 Å². The number of hydrogen-bond donors (Lipinski definition) is 1. The molecule has 1 heterocycles. The van der Waals surface area contributed by atoms with Crippen molar-refractivity contribution in [2.75, 3.05) is 13.7 Å². The Morgan fingerprint density at radius 2 is 1.88 bits per heavy atom. The second-order valence-corrected chi connectivity index (χ2v) is 6.95. The van der Waals surface area contributed by atoms with Gasteiger partial charge in [-0.2, -0.15) is 0 Å². The molecule has 1 amide bonds. The van der Waals surface area contributed by atoms with Gasteiger partial charge in [0.2, 0.25) is 5.75 Å². The molecule has 0 aliphatic carbocycles. The Morgan fingerprint density at radius 1 is 1.16 bits per heavy atom. The molecule has 0 fully saturated rings. The van der Waals surface area contributed by atoms with Gasteiger partial charge in [0.15, 0.2) is 11.4 Å². The highest BCUT2D eigenvalue weighted by Crippen LogP contribution is 2.29. The van der Waals surface area contributed by atoms with Gasteiger partial charge >= 0.3 is 11.9 Å². The number of pyridine rings is 1. The molecule has 2 aromatic rings. The first kappa shape index (κ1) is 24.6. The summed E-state index contributed by atoms with van der Waals surface area (Å²) in [6.45, 7) is 5.90. The fraction of sp³-hybridized carbons (Fsp3) is 0.364. The maximum atomic E-state index is 13.2. The van der Waals surface area contributed by atoms with Gasteiger partial charge in [-0.25, -0.2) is 14.2 Å². The van der Waals surface area contributed by atoms with E-state index in [1.54, 1.807) is 13.8 Å². The third-order valence-corrected chi connectivity index (χ3v) is 4.18. The van der Waals surface area contributed by atoms with Crippen molar-refractivity contribution < 1.29 is 37.7 Å². The van der Waals surface area contributed by atoms with E-state index in [1.165, 1.54) is 51.4 Å². The molecule has 10 heteroatoms. The molecule has 2 rings (SSSR count). The smallest absolute Gasteiger partial charge is 0.328 e. The van der Waals surface area contributed by atoms with Gasteiger partial charge in [0.1, 0.15) is 30.3 Å². The number of carbonyl (C=O) groups is 3. The molecule has 0 radical (unpaired) electrons. The van der Waals surface area contributed by atoms with E-state index in [4.69, 9.17) is 18.9 Å². The van der Waals surface area contributed by atoms with Gasteiger partial charge < -0.3 is 24.3 Å². The number of halogens is 1. The van der Waals surface area contributed by atoms with E-state index in [9.17, 15) is 18.8 Å². The van der Waals surface area contributed by atoms with Crippen molar-refractivity contribution in [1.82, 2.24) is 10.3 Å². The summed E-state index contributed by atoms with van der Waals surface area (Å²) in [5.74, 6) is -2.05. The van der Waals surface area contributed by atoms with Crippen LogP contribution in [0.2, 0.25) is 0 Å².